The Labute approximate surface area is 176 Å². The molecule has 0 aliphatic heterocycles. The molecule has 0 atom stereocenters. The lowest BCUT2D eigenvalue weighted by atomic mass is 9.85. The van der Waals surface area contributed by atoms with Gasteiger partial charge in [0.15, 0.2) is 0 Å². The first-order chi connectivity index (χ1) is 14.4. The molecule has 0 bridgehead atoms. The number of aliphatic hydroxyl groups is 1. The zero-order chi connectivity index (χ0) is 21.1. The number of amides is 1. The van der Waals surface area contributed by atoms with Crippen LogP contribution in [0.5, 0.6) is 0 Å². The van der Waals surface area contributed by atoms with Crippen LogP contribution in [-0.2, 0) is 17.8 Å². The first-order valence-corrected chi connectivity index (χ1v) is 10.6. The van der Waals surface area contributed by atoms with Gasteiger partial charge in [0.1, 0.15) is 0 Å². The van der Waals surface area contributed by atoms with E-state index in [1.807, 2.05) is 43.3 Å². The Morgan fingerprint density at radius 1 is 1.07 bits per heavy atom. The van der Waals surface area contributed by atoms with Gasteiger partial charge in [0.25, 0.3) is 5.56 Å². The molecule has 156 valence electrons. The molecule has 1 aliphatic carbocycles. The maximum absolute atomic E-state index is 13.1. The predicted octanol–water partition coefficient (Wildman–Crippen LogP) is 4.19. The van der Waals surface area contributed by atoms with Crippen LogP contribution < -0.4 is 10.9 Å². The molecular weight excluding hydrogens is 376 g/mol. The van der Waals surface area contributed by atoms with Gasteiger partial charge >= 0.3 is 0 Å². The van der Waals surface area contributed by atoms with Crippen molar-refractivity contribution in [3.8, 4) is 0 Å². The van der Waals surface area contributed by atoms with E-state index < -0.39 is 5.60 Å². The molecule has 3 aromatic rings. The molecule has 0 unspecified atom stereocenters. The highest BCUT2D eigenvalue weighted by Crippen LogP contribution is 2.29. The molecule has 30 heavy (non-hydrogen) atoms. The third-order valence-corrected chi connectivity index (χ3v) is 5.99. The first kappa shape index (κ1) is 20.4. The van der Waals surface area contributed by atoms with Gasteiger partial charge in [0, 0.05) is 22.7 Å². The molecule has 5 nitrogen and oxygen atoms in total. The van der Waals surface area contributed by atoms with Gasteiger partial charge in [0.05, 0.1) is 18.6 Å². The van der Waals surface area contributed by atoms with Crippen molar-refractivity contribution in [2.75, 3.05) is 5.32 Å². The number of hydrogen-bond acceptors (Lipinski definition) is 3. The molecule has 1 aliphatic rings. The first-order valence-electron chi connectivity index (χ1n) is 10.6. The molecule has 2 aromatic carbocycles. The van der Waals surface area contributed by atoms with Crippen molar-refractivity contribution in [2.45, 2.75) is 57.6 Å². The fourth-order valence-corrected chi connectivity index (χ4v) is 4.44. The van der Waals surface area contributed by atoms with Gasteiger partial charge in [-0.2, -0.15) is 0 Å². The van der Waals surface area contributed by atoms with Gasteiger partial charge < -0.3 is 15.0 Å². The number of carbonyl (C=O) groups excluding carboxylic acids is 1. The predicted molar refractivity (Wildman–Crippen MR) is 120 cm³/mol. The topological polar surface area (TPSA) is 71.3 Å². The minimum Gasteiger partial charge on any atom is -0.388 e. The van der Waals surface area contributed by atoms with Gasteiger partial charge in [-0.25, -0.2) is 0 Å². The van der Waals surface area contributed by atoms with Crippen LogP contribution in [0.2, 0.25) is 0 Å². The Hall–Kier alpha value is -2.92. The number of nitrogens with one attached hydrogen (secondary N) is 1. The summed E-state index contributed by atoms with van der Waals surface area (Å²) in [5.74, 6) is -0.117. The minimum atomic E-state index is -0.810. The Kier molecular flexibility index (Phi) is 5.73. The van der Waals surface area contributed by atoms with Crippen molar-refractivity contribution < 1.29 is 9.90 Å². The van der Waals surface area contributed by atoms with Crippen molar-refractivity contribution >= 4 is 22.4 Å². The monoisotopic (exact) mass is 404 g/mol. The molecule has 1 amide bonds. The highest BCUT2D eigenvalue weighted by atomic mass is 16.3. The maximum Gasteiger partial charge on any atom is 0.258 e. The number of nitrogens with zero attached hydrogens (tertiary/aromatic N) is 1. The lowest BCUT2D eigenvalue weighted by Crippen LogP contribution is -2.39. The van der Waals surface area contributed by atoms with Gasteiger partial charge in [-0.3, -0.25) is 9.59 Å². The summed E-state index contributed by atoms with van der Waals surface area (Å²) in [6, 6.07) is 15.1. The maximum atomic E-state index is 13.1. The molecule has 0 radical (unpaired) electrons. The van der Waals surface area contributed by atoms with Crippen molar-refractivity contribution in [3.63, 3.8) is 0 Å². The van der Waals surface area contributed by atoms with Crippen LogP contribution in [0.15, 0.2) is 59.5 Å². The number of fused-ring (bicyclic) bond motifs is 1. The molecule has 4 rings (SSSR count). The number of hydrogen-bond donors (Lipinski definition) is 2. The smallest absolute Gasteiger partial charge is 0.258 e. The molecular formula is C25H28N2O3. The van der Waals surface area contributed by atoms with Crippen molar-refractivity contribution in [3.05, 3.63) is 76.2 Å². The van der Waals surface area contributed by atoms with Gasteiger partial charge in [-0.05, 0) is 43.5 Å². The highest BCUT2D eigenvalue weighted by Gasteiger charge is 2.30. The fraction of sp³-hybridized carbons (Fsp3) is 0.360. The van der Waals surface area contributed by atoms with Crippen molar-refractivity contribution in [1.82, 2.24) is 4.57 Å². The second-order valence-electron chi connectivity index (χ2n) is 8.51. The largest absolute Gasteiger partial charge is 0.388 e. The van der Waals surface area contributed by atoms with E-state index in [9.17, 15) is 14.7 Å². The van der Waals surface area contributed by atoms with Crippen LogP contribution in [0.4, 0.5) is 5.69 Å². The van der Waals surface area contributed by atoms with E-state index in [0.29, 0.717) is 23.0 Å². The van der Waals surface area contributed by atoms with Crippen LogP contribution in [0.1, 0.15) is 43.2 Å². The summed E-state index contributed by atoms with van der Waals surface area (Å²) in [4.78, 5) is 25.6. The Morgan fingerprint density at radius 2 is 1.83 bits per heavy atom. The van der Waals surface area contributed by atoms with E-state index in [-0.39, 0.29) is 17.9 Å². The Balaban J connectivity index is 1.57. The molecule has 2 N–H and O–H groups in total. The van der Waals surface area contributed by atoms with E-state index in [4.69, 9.17) is 0 Å². The van der Waals surface area contributed by atoms with Crippen LogP contribution in [0, 0.1) is 6.92 Å². The second-order valence-corrected chi connectivity index (χ2v) is 8.51. The quantitative estimate of drug-likeness (QED) is 0.670. The van der Waals surface area contributed by atoms with Crippen molar-refractivity contribution in [1.29, 1.82) is 0 Å². The molecule has 5 heteroatoms. The number of aryl methyl sites for hydroxylation is 1. The number of carbonyl (C=O) groups is 1. The molecule has 0 spiro atoms. The number of pyridine rings is 1. The summed E-state index contributed by atoms with van der Waals surface area (Å²) in [6.45, 7) is 2.31. The summed E-state index contributed by atoms with van der Waals surface area (Å²) in [6.07, 6.45) is 6.60. The average molecular weight is 405 g/mol. The summed E-state index contributed by atoms with van der Waals surface area (Å²) >= 11 is 0. The van der Waals surface area contributed by atoms with E-state index >= 15 is 0 Å². The molecule has 0 saturated heterocycles. The number of benzene rings is 2. The van der Waals surface area contributed by atoms with E-state index in [1.165, 1.54) is 0 Å². The van der Waals surface area contributed by atoms with Crippen molar-refractivity contribution in [2.24, 2.45) is 0 Å². The SMILES string of the molecule is Cc1cccc(CC(=O)Nc2cccc3c(=O)n(CC4(O)CCCCC4)ccc23)c1. The van der Waals surface area contributed by atoms with Gasteiger partial charge in [0.2, 0.25) is 5.91 Å². The van der Waals surface area contributed by atoms with Crippen LogP contribution in [-0.4, -0.2) is 21.2 Å². The lowest BCUT2D eigenvalue weighted by molar-refractivity contribution is -0.115. The van der Waals surface area contributed by atoms with Gasteiger partial charge in [-0.1, -0.05) is 55.2 Å². The van der Waals surface area contributed by atoms with Crippen LogP contribution >= 0.6 is 0 Å². The molecule has 1 saturated carbocycles. The molecule has 1 heterocycles. The number of anilines is 1. The van der Waals surface area contributed by atoms with Crippen LogP contribution in [0.3, 0.4) is 0 Å². The van der Waals surface area contributed by atoms with E-state index in [1.54, 1.807) is 22.9 Å². The lowest BCUT2D eigenvalue weighted by Gasteiger charge is -2.32. The zero-order valence-corrected chi connectivity index (χ0v) is 17.4. The molecule has 1 fully saturated rings. The van der Waals surface area contributed by atoms with E-state index in [2.05, 4.69) is 5.32 Å². The summed E-state index contributed by atoms with van der Waals surface area (Å²) in [5, 5.41) is 15.1. The zero-order valence-electron chi connectivity index (χ0n) is 17.4. The average Bonchev–Trinajstić information content (AvgIpc) is 2.71. The Bertz CT molecular complexity index is 1130. The minimum absolute atomic E-state index is 0.117. The highest BCUT2D eigenvalue weighted by molar-refractivity contribution is 6.02. The standard InChI is InChI=1S/C25H28N2O3/c1-18-7-5-8-19(15-18)16-23(28)26-22-10-6-9-21-20(22)11-14-27(24(21)29)17-25(30)12-3-2-4-13-25/h5-11,14-15,30H,2-4,12-13,16-17H2,1H3,(H,26,28). The Morgan fingerprint density at radius 3 is 2.60 bits per heavy atom. The summed E-state index contributed by atoms with van der Waals surface area (Å²) in [5.41, 5.74) is 1.75. The number of aromatic nitrogens is 1. The third kappa shape index (κ3) is 4.46. The summed E-state index contributed by atoms with van der Waals surface area (Å²) in [7, 11) is 0. The van der Waals surface area contributed by atoms with E-state index in [0.717, 1.165) is 43.2 Å². The number of rotatable bonds is 5. The molecule has 1 aromatic heterocycles. The third-order valence-electron chi connectivity index (χ3n) is 5.99. The van der Waals surface area contributed by atoms with Crippen LogP contribution in [0.25, 0.3) is 10.8 Å². The fourth-order valence-electron chi connectivity index (χ4n) is 4.44. The normalized spacial score (nSPS) is 15.8. The summed E-state index contributed by atoms with van der Waals surface area (Å²) < 4.78 is 1.60. The second kappa shape index (κ2) is 8.44. The van der Waals surface area contributed by atoms with Gasteiger partial charge in [-0.15, -0.1) is 0 Å².